The van der Waals surface area contributed by atoms with Crippen LogP contribution in [0.2, 0.25) is 0 Å². The van der Waals surface area contributed by atoms with Gasteiger partial charge in [0.15, 0.2) is 0 Å². The Hall–Kier alpha value is -1.87. The van der Waals surface area contributed by atoms with Crippen LogP contribution >= 0.6 is 15.9 Å². The Kier molecular flexibility index (Phi) is 2.99. The third kappa shape index (κ3) is 2.00. The number of fused-ring (bicyclic) bond motifs is 1. The lowest BCUT2D eigenvalue weighted by atomic mass is 10.0. The lowest BCUT2D eigenvalue weighted by Crippen LogP contribution is -1.98. The van der Waals surface area contributed by atoms with Crippen LogP contribution in [0.25, 0.3) is 22.2 Å². The molecule has 3 rings (SSSR count). The van der Waals surface area contributed by atoms with E-state index in [4.69, 9.17) is 10.7 Å². The number of hydrogen-bond donors (Lipinski definition) is 1. The number of nitrogens with zero attached hydrogens (tertiary/aromatic N) is 1. The first kappa shape index (κ1) is 12.2. The second kappa shape index (κ2) is 4.67. The quantitative estimate of drug-likeness (QED) is 0.715. The third-order valence-corrected chi connectivity index (χ3v) is 3.95. The number of rotatable bonds is 1. The van der Waals surface area contributed by atoms with Gasteiger partial charge in [0.1, 0.15) is 0 Å². The van der Waals surface area contributed by atoms with Gasteiger partial charge in [-0.3, -0.25) is 0 Å². The van der Waals surface area contributed by atoms with E-state index in [-0.39, 0.29) is 0 Å². The number of para-hydroxylation sites is 1. The van der Waals surface area contributed by atoms with Crippen LogP contribution in [0, 0.1) is 6.92 Å². The van der Waals surface area contributed by atoms with E-state index in [0.29, 0.717) is 0 Å². The number of hydrogen-bond acceptors (Lipinski definition) is 2. The third-order valence-electron chi connectivity index (χ3n) is 3.31. The molecule has 3 aromatic rings. The van der Waals surface area contributed by atoms with Gasteiger partial charge in [0, 0.05) is 21.1 Å². The SMILES string of the molecule is Cc1c(-c2ccccc2)nc2c(Br)cccc2c1N. The average molecular weight is 313 g/mol. The molecular weight excluding hydrogens is 300 g/mol. The molecule has 1 heterocycles. The number of anilines is 1. The van der Waals surface area contributed by atoms with Crippen LogP contribution in [0.1, 0.15) is 5.56 Å². The fourth-order valence-electron chi connectivity index (χ4n) is 2.25. The van der Waals surface area contributed by atoms with E-state index in [2.05, 4.69) is 28.1 Å². The van der Waals surface area contributed by atoms with E-state index in [1.54, 1.807) is 0 Å². The first-order chi connectivity index (χ1) is 9.18. The number of aromatic nitrogens is 1. The summed E-state index contributed by atoms with van der Waals surface area (Å²) in [6.45, 7) is 2.02. The van der Waals surface area contributed by atoms with Crippen molar-refractivity contribution in [1.82, 2.24) is 4.98 Å². The van der Waals surface area contributed by atoms with E-state index in [0.717, 1.165) is 37.9 Å². The molecule has 0 saturated carbocycles. The van der Waals surface area contributed by atoms with Crippen molar-refractivity contribution in [3.63, 3.8) is 0 Å². The van der Waals surface area contributed by atoms with Crippen LogP contribution in [-0.4, -0.2) is 4.98 Å². The van der Waals surface area contributed by atoms with Crippen molar-refractivity contribution >= 4 is 32.5 Å². The summed E-state index contributed by atoms with van der Waals surface area (Å²) in [5.41, 5.74) is 11.0. The van der Waals surface area contributed by atoms with Gasteiger partial charge in [-0.25, -0.2) is 4.98 Å². The van der Waals surface area contributed by atoms with Crippen molar-refractivity contribution in [2.24, 2.45) is 0 Å². The monoisotopic (exact) mass is 312 g/mol. The summed E-state index contributed by atoms with van der Waals surface area (Å²) in [6.07, 6.45) is 0. The molecule has 2 N–H and O–H groups in total. The van der Waals surface area contributed by atoms with Gasteiger partial charge in [-0.2, -0.15) is 0 Å². The predicted octanol–water partition coefficient (Wildman–Crippen LogP) is 4.55. The average Bonchev–Trinajstić information content (AvgIpc) is 2.44. The Balaban J connectivity index is 2.39. The maximum absolute atomic E-state index is 6.26. The van der Waals surface area contributed by atoms with Gasteiger partial charge < -0.3 is 5.73 Å². The molecule has 1 aromatic heterocycles. The summed E-state index contributed by atoms with van der Waals surface area (Å²) in [6, 6.07) is 16.1. The van der Waals surface area contributed by atoms with Gasteiger partial charge in [-0.05, 0) is 34.5 Å². The molecule has 0 saturated heterocycles. The summed E-state index contributed by atoms with van der Waals surface area (Å²) in [7, 11) is 0. The molecule has 0 aliphatic rings. The minimum absolute atomic E-state index is 0.796. The lowest BCUT2D eigenvalue weighted by molar-refractivity contribution is 1.33. The van der Waals surface area contributed by atoms with E-state index < -0.39 is 0 Å². The molecule has 0 aliphatic carbocycles. The van der Waals surface area contributed by atoms with Crippen molar-refractivity contribution in [1.29, 1.82) is 0 Å². The van der Waals surface area contributed by atoms with Crippen LogP contribution < -0.4 is 5.73 Å². The summed E-state index contributed by atoms with van der Waals surface area (Å²) in [5.74, 6) is 0. The van der Waals surface area contributed by atoms with Crippen LogP contribution in [0.3, 0.4) is 0 Å². The minimum atomic E-state index is 0.796. The highest BCUT2D eigenvalue weighted by atomic mass is 79.9. The molecule has 2 nitrogen and oxygen atoms in total. The Bertz CT molecular complexity index is 752. The second-order valence-electron chi connectivity index (χ2n) is 4.50. The fraction of sp³-hybridized carbons (Fsp3) is 0.0625. The number of benzene rings is 2. The number of halogens is 1. The highest BCUT2D eigenvalue weighted by Gasteiger charge is 2.12. The molecule has 94 valence electrons. The zero-order valence-electron chi connectivity index (χ0n) is 10.5. The Morgan fingerprint density at radius 3 is 2.47 bits per heavy atom. The lowest BCUT2D eigenvalue weighted by Gasteiger charge is -2.12. The van der Waals surface area contributed by atoms with E-state index in [1.807, 2.05) is 43.3 Å². The summed E-state index contributed by atoms with van der Waals surface area (Å²) in [5, 5.41) is 0.992. The Labute approximate surface area is 120 Å². The topological polar surface area (TPSA) is 38.9 Å². The molecule has 0 aliphatic heterocycles. The van der Waals surface area contributed by atoms with Gasteiger partial charge in [-0.15, -0.1) is 0 Å². The van der Waals surface area contributed by atoms with Gasteiger partial charge in [0.05, 0.1) is 11.2 Å². The number of nitrogen functional groups attached to an aromatic ring is 1. The summed E-state index contributed by atoms with van der Waals surface area (Å²) < 4.78 is 0.967. The van der Waals surface area contributed by atoms with Crippen LogP contribution in [0.4, 0.5) is 5.69 Å². The molecule has 0 unspecified atom stereocenters. The molecule has 0 fully saturated rings. The largest absolute Gasteiger partial charge is 0.398 e. The zero-order valence-corrected chi connectivity index (χ0v) is 12.1. The highest BCUT2D eigenvalue weighted by Crippen LogP contribution is 2.33. The number of pyridine rings is 1. The zero-order chi connectivity index (χ0) is 13.4. The van der Waals surface area contributed by atoms with Crippen molar-refractivity contribution in [2.45, 2.75) is 6.92 Å². The van der Waals surface area contributed by atoms with Crippen molar-refractivity contribution < 1.29 is 0 Å². The first-order valence-corrected chi connectivity index (χ1v) is 6.87. The molecule has 0 amide bonds. The summed E-state index contributed by atoms with van der Waals surface area (Å²) >= 11 is 3.54. The number of nitrogens with two attached hydrogens (primary N) is 1. The molecule has 2 aromatic carbocycles. The van der Waals surface area contributed by atoms with Crippen molar-refractivity contribution in [3.05, 3.63) is 58.6 Å². The van der Waals surface area contributed by atoms with E-state index in [9.17, 15) is 0 Å². The molecule has 0 atom stereocenters. The smallest absolute Gasteiger partial charge is 0.0872 e. The minimum Gasteiger partial charge on any atom is -0.398 e. The maximum atomic E-state index is 6.26. The fourth-order valence-corrected chi connectivity index (χ4v) is 2.70. The van der Waals surface area contributed by atoms with Crippen molar-refractivity contribution in [3.8, 4) is 11.3 Å². The molecule has 19 heavy (non-hydrogen) atoms. The van der Waals surface area contributed by atoms with E-state index >= 15 is 0 Å². The molecule has 0 spiro atoms. The van der Waals surface area contributed by atoms with Gasteiger partial charge >= 0.3 is 0 Å². The maximum Gasteiger partial charge on any atom is 0.0872 e. The molecule has 3 heteroatoms. The van der Waals surface area contributed by atoms with Gasteiger partial charge in [0.2, 0.25) is 0 Å². The van der Waals surface area contributed by atoms with Gasteiger partial charge in [-0.1, -0.05) is 42.5 Å². The Morgan fingerprint density at radius 2 is 1.74 bits per heavy atom. The molecule has 0 radical (unpaired) electrons. The normalized spacial score (nSPS) is 10.8. The summed E-state index contributed by atoms with van der Waals surface area (Å²) in [4.78, 5) is 4.78. The molecular formula is C16H13BrN2. The first-order valence-electron chi connectivity index (χ1n) is 6.08. The highest BCUT2D eigenvalue weighted by molar-refractivity contribution is 9.10. The van der Waals surface area contributed by atoms with Gasteiger partial charge in [0.25, 0.3) is 0 Å². The van der Waals surface area contributed by atoms with Crippen LogP contribution in [0.5, 0.6) is 0 Å². The predicted molar refractivity (Wildman–Crippen MR) is 84.0 cm³/mol. The van der Waals surface area contributed by atoms with Crippen LogP contribution in [-0.2, 0) is 0 Å². The van der Waals surface area contributed by atoms with Crippen molar-refractivity contribution in [2.75, 3.05) is 5.73 Å². The Morgan fingerprint density at radius 1 is 1.00 bits per heavy atom. The second-order valence-corrected chi connectivity index (χ2v) is 5.36. The van der Waals surface area contributed by atoms with E-state index in [1.165, 1.54) is 0 Å². The molecule has 0 bridgehead atoms. The standard InChI is InChI=1S/C16H13BrN2/c1-10-14(18)12-8-5-9-13(17)16(12)19-15(10)11-6-3-2-4-7-11/h2-9H,1H3,(H2,18,19). The van der Waals surface area contributed by atoms with Crippen LogP contribution in [0.15, 0.2) is 53.0 Å².